The number of hydrogen-bond acceptors (Lipinski definition) is 2. The second-order valence-corrected chi connectivity index (χ2v) is 6.23. The lowest BCUT2D eigenvalue weighted by Gasteiger charge is -2.14. The number of aliphatic hydroxyl groups is 1. The van der Waals surface area contributed by atoms with Crippen molar-refractivity contribution in [2.45, 2.75) is 12.5 Å². The fourth-order valence-electron chi connectivity index (χ4n) is 2.41. The molecule has 0 bridgehead atoms. The van der Waals surface area contributed by atoms with Crippen molar-refractivity contribution in [1.29, 1.82) is 0 Å². The molecule has 1 atom stereocenters. The smallest absolute Gasteiger partial charge is 0.0851 e. The summed E-state index contributed by atoms with van der Waals surface area (Å²) in [7, 11) is 0. The minimum absolute atomic E-state index is 0.460. The summed E-state index contributed by atoms with van der Waals surface area (Å²) in [6, 6.07) is 13.6. The molecule has 3 rings (SSSR count). The standard InChI is InChI=1S/C17H13BrClNO/c18-13-6-5-11(16(19)8-13)7-17(21)15-10-20-9-12-3-1-2-4-14(12)15/h1-6,8-10,17,21H,7H2. The van der Waals surface area contributed by atoms with E-state index in [2.05, 4.69) is 20.9 Å². The highest BCUT2D eigenvalue weighted by atomic mass is 79.9. The lowest BCUT2D eigenvalue weighted by Crippen LogP contribution is -2.03. The zero-order valence-electron chi connectivity index (χ0n) is 11.1. The van der Waals surface area contributed by atoms with Gasteiger partial charge in [0, 0.05) is 39.3 Å². The Morgan fingerprint density at radius 1 is 1.14 bits per heavy atom. The van der Waals surface area contributed by atoms with Gasteiger partial charge < -0.3 is 5.11 Å². The Hall–Kier alpha value is -1.42. The zero-order valence-corrected chi connectivity index (χ0v) is 13.5. The van der Waals surface area contributed by atoms with Gasteiger partial charge in [-0.25, -0.2) is 0 Å². The van der Waals surface area contributed by atoms with Gasteiger partial charge in [-0.05, 0) is 23.1 Å². The van der Waals surface area contributed by atoms with E-state index in [0.717, 1.165) is 26.4 Å². The fraction of sp³-hybridized carbons (Fsp3) is 0.118. The number of hydrogen-bond donors (Lipinski definition) is 1. The van der Waals surface area contributed by atoms with Gasteiger partial charge in [0.05, 0.1) is 6.10 Å². The highest BCUT2D eigenvalue weighted by molar-refractivity contribution is 9.10. The van der Waals surface area contributed by atoms with Crippen LogP contribution < -0.4 is 0 Å². The predicted octanol–water partition coefficient (Wildman–Crippen LogP) is 4.93. The maximum Gasteiger partial charge on any atom is 0.0851 e. The van der Waals surface area contributed by atoms with Crippen LogP contribution in [0, 0.1) is 0 Å². The summed E-state index contributed by atoms with van der Waals surface area (Å²) in [5, 5.41) is 13.3. The lowest BCUT2D eigenvalue weighted by atomic mass is 9.98. The molecule has 2 nitrogen and oxygen atoms in total. The minimum atomic E-state index is -0.637. The van der Waals surface area contributed by atoms with Gasteiger partial charge in [0.15, 0.2) is 0 Å². The van der Waals surface area contributed by atoms with Crippen LogP contribution in [0.15, 0.2) is 59.3 Å². The molecule has 0 aliphatic rings. The van der Waals surface area contributed by atoms with Crippen molar-refractivity contribution < 1.29 is 5.11 Å². The van der Waals surface area contributed by atoms with E-state index in [1.807, 2.05) is 42.5 Å². The largest absolute Gasteiger partial charge is 0.388 e. The average molecular weight is 363 g/mol. The van der Waals surface area contributed by atoms with Crippen molar-refractivity contribution in [3.63, 3.8) is 0 Å². The van der Waals surface area contributed by atoms with Gasteiger partial charge in [-0.15, -0.1) is 0 Å². The summed E-state index contributed by atoms with van der Waals surface area (Å²) in [6.07, 6.45) is 3.35. The lowest BCUT2D eigenvalue weighted by molar-refractivity contribution is 0.179. The maximum absolute atomic E-state index is 10.6. The number of rotatable bonds is 3. The van der Waals surface area contributed by atoms with Crippen molar-refractivity contribution in [1.82, 2.24) is 4.98 Å². The normalized spacial score (nSPS) is 12.5. The van der Waals surface area contributed by atoms with E-state index in [1.54, 1.807) is 12.4 Å². The van der Waals surface area contributed by atoms with E-state index in [1.165, 1.54) is 0 Å². The molecule has 4 heteroatoms. The number of nitrogens with zero attached hydrogens (tertiary/aromatic N) is 1. The molecule has 0 saturated heterocycles. The first-order valence-corrected chi connectivity index (χ1v) is 7.77. The highest BCUT2D eigenvalue weighted by Gasteiger charge is 2.14. The van der Waals surface area contributed by atoms with E-state index in [-0.39, 0.29) is 0 Å². The van der Waals surface area contributed by atoms with Crippen LogP contribution in [0.4, 0.5) is 0 Å². The van der Waals surface area contributed by atoms with Crippen LogP contribution in [0.3, 0.4) is 0 Å². The summed E-state index contributed by atoms with van der Waals surface area (Å²) in [5.74, 6) is 0. The van der Waals surface area contributed by atoms with E-state index < -0.39 is 6.10 Å². The number of benzene rings is 2. The summed E-state index contributed by atoms with van der Waals surface area (Å²) >= 11 is 9.61. The molecular formula is C17H13BrClNO. The molecular weight excluding hydrogens is 350 g/mol. The second kappa shape index (κ2) is 6.14. The molecule has 0 aliphatic carbocycles. The summed E-state index contributed by atoms with van der Waals surface area (Å²) in [6.45, 7) is 0. The van der Waals surface area contributed by atoms with Gasteiger partial charge in [-0.2, -0.15) is 0 Å². The van der Waals surface area contributed by atoms with Gasteiger partial charge in [-0.3, -0.25) is 4.98 Å². The van der Waals surface area contributed by atoms with Crippen LogP contribution in [0.5, 0.6) is 0 Å². The van der Waals surface area contributed by atoms with Crippen molar-refractivity contribution in [2.24, 2.45) is 0 Å². The van der Waals surface area contributed by atoms with Gasteiger partial charge in [0.1, 0.15) is 0 Å². The summed E-state index contributed by atoms with van der Waals surface area (Å²) in [4.78, 5) is 4.21. The quantitative estimate of drug-likeness (QED) is 0.717. The molecule has 1 aromatic heterocycles. The first-order valence-electron chi connectivity index (χ1n) is 6.60. The van der Waals surface area contributed by atoms with Gasteiger partial charge in [-0.1, -0.05) is 57.9 Å². The average Bonchev–Trinajstić information content (AvgIpc) is 2.49. The Morgan fingerprint density at radius 3 is 2.76 bits per heavy atom. The van der Waals surface area contributed by atoms with Crippen LogP contribution in [0.1, 0.15) is 17.2 Å². The SMILES string of the molecule is OC(Cc1ccc(Br)cc1Cl)c1cncc2ccccc12. The predicted molar refractivity (Wildman–Crippen MR) is 89.6 cm³/mol. The molecule has 2 aromatic carbocycles. The molecule has 21 heavy (non-hydrogen) atoms. The van der Waals surface area contributed by atoms with Crippen LogP contribution in [0.25, 0.3) is 10.8 Å². The zero-order chi connectivity index (χ0) is 14.8. The topological polar surface area (TPSA) is 33.1 Å². The van der Waals surface area contributed by atoms with Crippen LogP contribution in [-0.2, 0) is 6.42 Å². The van der Waals surface area contributed by atoms with E-state index in [0.29, 0.717) is 11.4 Å². The number of aliphatic hydroxyl groups excluding tert-OH is 1. The molecule has 0 aliphatic heterocycles. The molecule has 1 heterocycles. The van der Waals surface area contributed by atoms with Crippen LogP contribution >= 0.6 is 27.5 Å². The third kappa shape index (κ3) is 3.10. The number of pyridine rings is 1. The molecule has 0 fully saturated rings. The van der Waals surface area contributed by atoms with Crippen LogP contribution in [0.2, 0.25) is 5.02 Å². The van der Waals surface area contributed by atoms with Crippen molar-refractivity contribution >= 4 is 38.3 Å². The molecule has 106 valence electrons. The van der Waals surface area contributed by atoms with Crippen molar-refractivity contribution in [3.05, 3.63) is 75.5 Å². The van der Waals surface area contributed by atoms with E-state index >= 15 is 0 Å². The number of aromatic nitrogens is 1. The first-order chi connectivity index (χ1) is 10.1. The van der Waals surface area contributed by atoms with Gasteiger partial charge >= 0.3 is 0 Å². The van der Waals surface area contributed by atoms with E-state index in [9.17, 15) is 5.11 Å². The van der Waals surface area contributed by atoms with Gasteiger partial charge in [0.25, 0.3) is 0 Å². The van der Waals surface area contributed by atoms with Crippen LogP contribution in [-0.4, -0.2) is 10.1 Å². The monoisotopic (exact) mass is 361 g/mol. The maximum atomic E-state index is 10.6. The molecule has 0 radical (unpaired) electrons. The Kier molecular flexibility index (Phi) is 4.24. The third-order valence-corrected chi connectivity index (χ3v) is 4.33. The van der Waals surface area contributed by atoms with Gasteiger partial charge in [0.2, 0.25) is 0 Å². The fourth-order valence-corrected chi connectivity index (χ4v) is 3.16. The van der Waals surface area contributed by atoms with E-state index in [4.69, 9.17) is 11.6 Å². The Labute approximate surface area is 136 Å². The minimum Gasteiger partial charge on any atom is -0.388 e. The Morgan fingerprint density at radius 2 is 1.95 bits per heavy atom. The second-order valence-electron chi connectivity index (χ2n) is 4.91. The molecule has 1 N–H and O–H groups in total. The summed E-state index contributed by atoms with van der Waals surface area (Å²) in [5.41, 5.74) is 1.74. The molecule has 0 saturated carbocycles. The number of halogens is 2. The Balaban J connectivity index is 1.95. The number of fused-ring (bicyclic) bond motifs is 1. The highest BCUT2D eigenvalue weighted by Crippen LogP contribution is 2.29. The molecule has 3 aromatic rings. The van der Waals surface area contributed by atoms with Crippen molar-refractivity contribution in [2.75, 3.05) is 0 Å². The molecule has 0 spiro atoms. The van der Waals surface area contributed by atoms with Crippen molar-refractivity contribution in [3.8, 4) is 0 Å². The molecule has 1 unspecified atom stereocenters. The third-order valence-electron chi connectivity index (χ3n) is 3.49. The summed E-state index contributed by atoms with van der Waals surface area (Å²) < 4.78 is 0.928. The first kappa shape index (κ1) is 14.5. The molecule has 0 amide bonds. The Bertz CT molecular complexity index is 785.